The monoisotopic (exact) mass is 391 g/mol. The van der Waals surface area contributed by atoms with E-state index < -0.39 is 16.7 Å². The average molecular weight is 391 g/mol. The van der Waals surface area contributed by atoms with E-state index >= 15 is 0 Å². The van der Waals surface area contributed by atoms with Crippen molar-refractivity contribution in [3.63, 3.8) is 0 Å². The van der Waals surface area contributed by atoms with Crippen LogP contribution in [-0.4, -0.2) is 23.3 Å². The molecule has 0 aliphatic rings. The Morgan fingerprint density at radius 2 is 1.72 bits per heavy atom. The fraction of sp³-hybridized carbons (Fsp3) is 0.0909. The third-order valence-electron chi connectivity index (χ3n) is 4.06. The third-order valence-corrected chi connectivity index (χ3v) is 4.06. The maximum absolute atomic E-state index is 12.8. The van der Waals surface area contributed by atoms with Gasteiger partial charge in [0.05, 0.1) is 17.1 Å². The zero-order valence-electron chi connectivity index (χ0n) is 15.5. The first kappa shape index (κ1) is 19.8. The highest BCUT2D eigenvalue weighted by atomic mass is 16.6. The number of hydrogen-bond donors (Lipinski definition) is 0. The van der Waals surface area contributed by atoms with E-state index in [-0.39, 0.29) is 29.4 Å². The molecule has 0 aliphatic heterocycles. The van der Waals surface area contributed by atoms with Crippen molar-refractivity contribution in [3.8, 4) is 11.3 Å². The molecule has 0 radical (unpaired) electrons. The highest BCUT2D eigenvalue weighted by Crippen LogP contribution is 2.31. The van der Waals surface area contributed by atoms with Gasteiger partial charge in [0, 0.05) is 11.6 Å². The highest BCUT2D eigenvalue weighted by molar-refractivity contribution is 6.26. The van der Waals surface area contributed by atoms with E-state index in [9.17, 15) is 19.7 Å². The van der Waals surface area contributed by atoms with Crippen LogP contribution in [0.4, 0.5) is 5.69 Å². The van der Waals surface area contributed by atoms with Crippen molar-refractivity contribution in [2.45, 2.75) is 6.92 Å². The van der Waals surface area contributed by atoms with Gasteiger partial charge in [0.2, 0.25) is 0 Å². The van der Waals surface area contributed by atoms with Gasteiger partial charge in [-0.1, -0.05) is 42.5 Å². The molecule has 0 spiro atoms. The van der Waals surface area contributed by atoms with E-state index in [2.05, 4.69) is 0 Å². The van der Waals surface area contributed by atoms with Gasteiger partial charge in [0.15, 0.2) is 5.78 Å². The van der Waals surface area contributed by atoms with Gasteiger partial charge in [-0.05, 0) is 31.2 Å². The van der Waals surface area contributed by atoms with Gasteiger partial charge in [-0.2, -0.15) is 0 Å². The molecule has 3 aromatic rings. The molecule has 2 aromatic carbocycles. The summed E-state index contributed by atoms with van der Waals surface area (Å²) >= 11 is 0. The first-order chi connectivity index (χ1) is 14.0. The Balaban J connectivity index is 2.01. The predicted molar refractivity (Wildman–Crippen MR) is 106 cm³/mol. The van der Waals surface area contributed by atoms with E-state index in [1.54, 1.807) is 61.5 Å². The van der Waals surface area contributed by atoms with Crippen molar-refractivity contribution < 1.29 is 23.7 Å². The van der Waals surface area contributed by atoms with Crippen molar-refractivity contribution >= 4 is 23.5 Å². The molecule has 0 saturated heterocycles. The fourth-order valence-corrected chi connectivity index (χ4v) is 2.73. The minimum atomic E-state index is -0.773. The number of esters is 1. The predicted octanol–water partition coefficient (Wildman–Crippen LogP) is 4.68. The van der Waals surface area contributed by atoms with Gasteiger partial charge in [-0.15, -0.1) is 0 Å². The Labute approximate surface area is 166 Å². The quantitative estimate of drug-likeness (QED) is 0.110. The molecule has 0 bridgehead atoms. The SMILES string of the molecule is CCOC(=O)/C(=C\c1ccc(-c2ccccc2[N+](=O)[O-])o1)C(=O)c1ccccc1. The standard InChI is InChI=1S/C22H17NO6/c1-2-28-22(25)18(21(24)15-8-4-3-5-9-15)14-16-12-13-20(29-16)17-10-6-7-11-19(17)23(26)27/h3-14H,2H2,1H3/b18-14-. The van der Waals surface area contributed by atoms with Crippen molar-refractivity contribution in [3.05, 3.63) is 93.7 Å². The van der Waals surface area contributed by atoms with Gasteiger partial charge in [0.1, 0.15) is 17.1 Å². The summed E-state index contributed by atoms with van der Waals surface area (Å²) < 4.78 is 10.7. The highest BCUT2D eigenvalue weighted by Gasteiger charge is 2.22. The first-order valence-electron chi connectivity index (χ1n) is 8.83. The number of furan rings is 1. The first-order valence-corrected chi connectivity index (χ1v) is 8.83. The Bertz CT molecular complexity index is 1080. The van der Waals surface area contributed by atoms with E-state index in [4.69, 9.17) is 9.15 Å². The van der Waals surface area contributed by atoms with Crippen LogP contribution in [0.2, 0.25) is 0 Å². The van der Waals surface area contributed by atoms with Crippen LogP contribution in [0, 0.1) is 10.1 Å². The molecule has 0 fully saturated rings. The summed E-state index contributed by atoms with van der Waals surface area (Å²) in [5.41, 5.74) is 0.325. The van der Waals surface area contributed by atoms with E-state index in [0.717, 1.165) is 0 Å². The molecule has 1 aromatic heterocycles. The van der Waals surface area contributed by atoms with Crippen molar-refractivity contribution in [2.24, 2.45) is 0 Å². The van der Waals surface area contributed by atoms with E-state index in [1.807, 2.05) is 0 Å². The molecule has 146 valence electrons. The zero-order chi connectivity index (χ0) is 20.8. The number of hydrogen-bond acceptors (Lipinski definition) is 6. The summed E-state index contributed by atoms with van der Waals surface area (Å²) in [4.78, 5) is 35.9. The maximum Gasteiger partial charge on any atom is 0.342 e. The van der Waals surface area contributed by atoms with E-state index in [1.165, 1.54) is 18.2 Å². The summed E-state index contributed by atoms with van der Waals surface area (Å²) in [6.45, 7) is 1.75. The van der Waals surface area contributed by atoms with E-state index in [0.29, 0.717) is 11.1 Å². The topological polar surface area (TPSA) is 99.7 Å². The maximum atomic E-state index is 12.8. The second kappa shape index (κ2) is 8.79. The number of carbonyl (C=O) groups excluding carboxylic acids is 2. The lowest BCUT2D eigenvalue weighted by Gasteiger charge is -2.06. The molecule has 0 aliphatic carbocycles. The zero-order valence-corrected chi connectivity index (χ0v) is 15.5. The lowest BCUT2D eigenvalue weighted by Crippen LogP contribution is -2.16. The number of para-hydroxylation sites is 1. The fourth-order valence-electron chi connectivity index (χ4n) is 2.73. The minimum absolute atomic E-state index is 0.108. The lowest BCUT2D eigenvalue weighted by atomic mass is 10.0. The Morgan fingerprint density at radius 3 is 2.41 bits per heavy atom. The summed E-state index contributed by atoms with van der Waals surface area (Å²) in [6.07, 6.45) is 1.28. The van der Waals surface area contributed by atoms with Gasteiger partial charge >= 0.3 is 5.97 Å². The second-order valence-corrected chi connectivity index (χ2v) is 5.95. The van der Waals surface area contributed by atoms with Gasteiger partial charge in [-0.25, -0.2) is 4.79 Å². The number of ether oxygens (including phenoxy) is 1. The van der Waals surface area contributed by atoms with Gasteiger partial charge < -0.3 is 9.15 Å². The summed E-state index contributed by atoms with van der Waals surface area (Å²) in [6, 6.07) is 17.6. The van der Waals surface area contributed by atoms with Crippen LogP contribution in [0.15, 0.2) is 76.7 Å². The number of Topliss-reactive ketones (excluding diaryl/α,β-unsaturated/α-hetero) is 1. The average Bonchev–Trinajstić information content (AvgIpc) is 3.21. The van der Waals surface area contributed by atoms with Crippen LogP contribution in [0.5, 0.6) is 0 Å². The number of benzene rings is 2. The molecular weight excluding hydrogens is 374 g/mol. The normalized spacial score (nSPS) is 11.1. The molecule has 0 atom stereocenters. The molecule has 0 amide bonds. The Morgan fingerprint density at radius 1 is 1.03 bits per heavy atom. The second-order valence-electron chi connectivity index (χ2n) is 5.95. The van der Waals surface area contributed by atoms with Gasteiger partial charge in [0.25, 0.3) is 5.69 Å². The molecule has 0 N–H and O–H groups in total. The van der Waals surface area contributed by atoms with Crippen LogP contribution in [0.3, 0.4) is 0 Å². The number of carbonyl (C=O) groups is 2. The van der Waals surface area contributed by atoms with Crippen molar-refractivity contribution in [2.75, 3.05) is 6.61 Å². The number of nitrogens with zero attached hydrogens (tertiary/aromatic N) is 1. The molecule has 7 nitrogen and oxygen atoms in total. The third kappa shape index (κ3) is 4.47. The summed E-state index contributed by atoms with van der Waals surface area (Å²) in [5.74, 6) is -0.831. The summed E-state index contributed by atoms with van der Waals surface area (Å²) in [5, 5.41) is 11.2. The van der Waals surface area contributed by atoms with Crippen LogP contribution < -0.4 is 0 Å². The Hall–Kier alpha value is -4.00. The number of rotatable bonds is 7. The molecule has 0 unspecified atom stereocenters. The van der Waals surface area contributed by atoms with Crippen molar-refractivity contribution in [1.29, 1.82) is 0 Å². The molecule has 7 heteroatoms. The smallest absolute Gasteiger partial charge is 0.342 e. The van der Waals surface area contributed by atoms with Crippen LogP contribution >= 0.6 is 0 Å². The summed E-state index contributed by atoms with van der Waals surface area (Å²) in [7, 11) is 0. The number of nitro benzene ring substituents is 1. The molecule has 29 heavy (non-hydrogen) atoms. The molecule has 0 saturated carbocycles. The number of nitro groups is 1. The molecule has 1 heterocycles. The molecule has 3 rings (SSSR count). The number of ketones is 1. The van der Waals surface area contributed by atoms with Crippen LogP contribution in [-0.2, 0) is 9.53 Å². The van der Waals surface area contributed by atoms with Crippen LogP contribution in [0.1, 0.15) is 23.0 Å². The minimum Gasteiger partial charge on any atom is -0.462 e. The van der Waals surface area contributed by atoms with Crippen molar-refractivity contribution in [1.82, 2.24) is 0 Å². The lowest BCUT2D eigenvalue weighted by molar-refractivity contribution is -0.384. The Kier molecular flexibility index (Phi) is 5.99. The van der Waals surface area contributed by atoms with Crippen LogP contribution in [0.25, 0.3) is 17.4 Å². The molecular formula is C22H17NO6. The largest absolute Gasteiger partial charge is 0.462 e. The van der Waals surface area contributed by atoms with Gasteiger partial charge in [-0.3, -0.25) is 14.9 Å².